The number of amides is 1. The van der Waals surface area contributed by atoms with Gasteiger partial charge in [0.2, 0.25) is 0 Å². The number of aromatic hydroxyl groups is 4. The van der Waals surface area contributed by atoms with E-state index in [2.05, 4.69) is 21.1 Å². The maximum Gasteiger partial charge on any atom is 0.271 e. The third kappa shape index (κ3) is 5.33. The van der Waals surface area contributed by atoms with E-state index in [9.17, 15) is 25.2 Å². The van der Waals surface area contributed by atoms with Crippen molar-refractivity contribution < 1.29 is 25.2 Å². The average molecular weight is 434 g/mol. The Morgan fingerprint density at radius 3 is 1.91 bits per heavy atom. The monoisotopic (exact) mass is 434 g/mol. The standard InChI is InChI=1S/C23H22N4O5/c1-13(19-11-17(28)6-8-21(19)30)24-26-16-5-3-4-15(10-16)23(32)27-25-14(2)20-12-18(29)7-9-22(20)31/h3-12,26,28-31H,1-2H3,(H,27,32)/b24-13-,25-14-. The van der Waals surface area contributed by atoms with Crippen LogP contribution < -0.4 is 10.9 Å². The highest BCUT2D eigenvalue weighted by atomic mass is 16.3. The number of phenols is 4. The van der Waals surface area contributed by atoms with Crippen LogP contribution in [0.1, 0.15) is 35.3 Å². The van der Waals surface area contributed by atoms with Crippen LogP contribution in [0.2, 0.25) is 0 Å². The molecule has 6 N–H and O–H groups in total. The molecule has 32 heavy (non-hydrogen) atoms. The summed E-state index contributed by atoms with van der Waals surface area (Å²) in [6.45, 7) is 3.24. The summed E-state index contributed by atoms with van der Waals surface area (Å²) in [4.78, 5) is 12.5. The highest BCUT2D eigenvalue weighted by Crippen LogP contribution is 2.24. The first kappa shape index (κ1) is 22.2. The molecule has 0 aromatic heterocycles. The smallest absolute Gasteiger partial charge is 0.271 e. The van der Waals surface area contributed by atoms with Gasteiger partial charge in [0.25, 0.3) is 5.91 Å². The second-order valence-electron chi connectivity index (χ2n) is 6.93. The molecule has 0 spiro atoms. The number of hydrogen-bond donors (Lipinski definition) is 6. The Morgan fingerprint density at radius 2 is 1.31 bits per heavy atom. The van der Waals surface area contributed by atoms with Crippen LogP contribution in [0.4, 0.5) is 5.69 Å². The van der Waals surface area contributed by atoms with Crippen LogP contribution in [0.3, 0.4) is 0 Å². The second-order valence-corrected chi connectivity index (χ2v) is 6.93. The molecule has 0 radical (unpaired) electrons. The molecule has 0 fully saturated rings. The van der Waals surface area contributed by atoms with Crippen molar-refractivity contribution in [2.75, 3.05) is 5.43 Å². The molecular formula is C23H22N4O5. The molecule has 0 saturated heterocycles. The van der Waals surface area contributed by atoms with E-state index < -0.39 is 5.91 Å². The predicted molar refractivity (Wildman–Crippen MR) is 121 cm³/mol. The molecule has 0 atom stereocenters. The maximum atomic E-state index is 12.5. The summed E-state index contributed by atoms with van der Waals surface area (Å²) in [5.41, 5.74) is 7.44. The van der Waals surface area contributed by atoms with Crippen LogP contribution in [0.25, 0.3) is 0 Å². The van der Waals surface area contributed by atoms with Crippen molar-refractivity contribution in [1.82, 2.24) is 5.43 Å². The van der Waals surface area contributed by atoms with Crippen molar-refractivity contribution in [2.45, 2.75) is 13.8 Å². The first-order valence-electron chi connectivity index (χ1n) is 9.54. The summed E-state index contributed by atoms with van der Waals surface area (Å²) in [5.74, 6) is -0.618. The van der Waals surface area contributed by atoms with Crippen molar-refractivity contribution >= 4 is 23.0 Å². The van der Waals surface area contributed by atoms with Crippen LogP contribution >= 0.6 is 0 Å². The minimum atomic E-state index is -0.487. The number of carbonyl (C=O) groups excluding carboxylic acids is 1. The van der Waals surface area contributed by atoms with Gasteiger partial charge in [0, 0.05) is 16.7 Å². The van der Waals surface area contributed by atoms with Crippen molar-refractivity contribution in [3.8, 4) is 23.0 Å². The van der Waals surface area contributed by atoms with Gasteiger partial charge in [-0.15, -0.1) is 0 Å². The molecule has 0 aliphatic heterocycles. The zero-order valence-electron chi connectivity index (χ0n) is 17.4. The summed E-state index contributed by atoms with van der Waals surface area (Å²) in [5, 5.41) is 47.1. The second kappa shape index (κ2) is 9.52. The number of hydrogen-bond acceptors (Lipinski definition) is 8. The maximum absolute atomic E-state index is 12.5. The van der Waals surface area contributed by atoms with Crippen molar-refractivity contribution in [3.63, 3.8) is 0 Å². The number of anilines is 1. The average Bonchev–Trinajstić information content (AvgIpc) is 2.79. The molecule has 0 heterocycles. The number of phenolic OH excluding ortho intramolecular Hbond substituents is 4. The summed E-state index contributed by atoms with van der Waals surface area (Å²) in [6, 6.07) is 14.7. The number of carbonyl (C=O) groups is 1. The van der Waals surface area contributed by atoms with E-state index in [1.165, 1.54) is 36.4 Å². The van der Waals surface area contributed by atoms with Crippen LogP contribution in [0.15, 0.2) is 70.9 Å². The van der Waals surface area contributed by atoms with Gasteiger partial charge < -0.3 is 20.4 Å². The Kier molecular flexibility index (Phi) is 6.59. The predicted octanol–water partition coefficient (Wildman–Crippen LogP) is 3.50. The molecule has 9 nitrogen and oxygen atoms in total. The molecule has 0 unspecified atom stereocenters. The topological polar surface area (TPSA) is 147 Å². The van der Waals surface area contributed by atoms with Gasteiger partial charge in [0.05, 0.1) is 17.1 Å². The van der Waals surface area contributed by atoms with Gasteiger partial charge in [-0.05, 0) is 68.4 Å². The fourth-order valence-corrected chi connectivity index (χ4v) is 2.83. The molecule has 164 valence electrons. The van der Waals surface area contributed by atoms with Crippen LogP contribution in [0.5, 0.6) is 23.0 Å². The summed E-state index contributed by atoms with van der Waals surface area (Å²) in [6.07, 6.45) is 0. The SMILES string of the molecule is C/C(=N/NC(=O)c1cccc(N/N=C(/C)c2cc(O)ccc2O)c1)c1cc(O)ccc1O. The van der Waals surface area contributed by atoms with Gasteiger partial charge in [-0.3, -0.25) is 10.2 Å². The van der Waals surface area contributed by atoms with Gasteiger partial charge in [0.1, 0.15) is 23.0 Å². The van der Waals surface area contributed by atoms with E-state index in [-0.39, 0.29) is 23.0 Å². The third-order valence-electron chi connectivity index (χ3n) is 4.54. The minimum absolute atomic E-state index is 0.000834. The van der Waals surface area contributed by atoms with Gasteiger partial charge in [-0.25, -0.2) is 5.43 Å². The van der Waals surface area contributed by atoms with Gasteiger partial charge in [0.15, 0.2) is 0 Å². The molecule has 9 heteroatoms. The van der Waals surface area contributed by atoms with Crippen LogP contribution in [0, 0.1) is 0 Å². The number of nitrogens with one attached hydrogen (secondary N) is 2. The molecule has 1 amide bonds. The van der Waals surface area contributed by atoms with E-state index in [1.54, 1.807) is 38.1 Å². The fraction of sp³-hybridized carbons (Fsp3) is 0.0870. The van der Waals surface area contributed by atoms with Crippen LogP contribution in [-0.2, 0) is 0 Å². The highest BCUT2D eigenvalue weighted by molar-refractivity contribution is 6.03. The Labute approximate surface area is 184 Å². The van der Waals surface area contributed by atoms with Crippen molar-refractivity contribution in [1.29, 1.82) is 0 Å². The Balaban J connectivity index is 1.72. The van der Waals surface area contributed by atoms with Gasteiger partial charge in [-0.1, -0.05) is 6.07 Å². The summed E-state index contributed by atoms with van der Waals surface area (Å²) >= 11 is 0. The summed E-state index contributed by atoms with van der Waals surface area (Å²) < 4.78 is 0. The highest BCUT2D eigenvalue weighted by Gasteiger charge is 2.10. The van der Waals surface area contributed by atoms with E-state index in [0.717, 1.165) is 0 Å². The normalized spacial score (nSPS) is 11.8. The molecule has 3 aromatic carbocycles. The first-order chi connectivity index (χ1) is 15.2. The molecule has 3 aromatic rings. The number of rotatable bonds is 6. The lowest BCUT2D eigenvalue weighted by Gasteiger charge is -2.08. The molecule has 3 rings (SSSR count). The largest absolute Gasteiger partial charge is 0.508 e. The van der Waals surface area contributed by atoms with E-state index in [4.69, 9.17) is 0 Å². The minimum Gasteiger partial charge on any atom is -0.508 e. The van der Waals surface area contributed by atoms with Gasteiger partial charge >= 0.3 is 0 Å². The van der Waals surface area contributed by atoms with E-state index in [1.807, 2.05) is 0 Å². The van der Waals surface area contributed by atoms with Crippen LogP contribution in [-0.4, -0.2) is 37.8 Å². The lowest BCUT2D eigenvalue weighted by molar-refractivity contribution is 0.0955. The summed E-state index contributed by atoms with van der Waals surface area (Å²) in [7, 11) is 0. The zero-order valence-corrected chi connectivity index (χ0v) is 17.4. The van der Waals surface area contributed by atoms with Crippen molar-refractivity contribution in [3.05, 3.63) is 77.4 Å². The number of benzene rings is 3. The fourth-order valence-electron chi connectivity index (χ4n) is 2.83. The quantitative estimate of drug-likeness (QED) is 0.199. The lowest BCUT2D eigenvalue weighted by Crippen LogP contribution is -2.19. The lowest BCUT2D eigenvalue weighted by atomic mass is 10.1. The Bertz CT molecular complexity index is 1220. The molecule has 0 bridgehead atoms. The van der Waals surface area contributed by atoms with Gasteiger partial charge in [-0.2, -0.15) is 10.2 Å². The van der Waals surface area contributed by atoms with E-state index >= 15 is 0 Å². The third-order valence-corrected chi connectivity index (χ3v) is 4.54. The first-order valence-corrected chi connectivity index (χ1v) is 9.54. The van der Waals surface area contributed by atoms with E-state index in [0.29, 0.717) is 33.8 Å². The molecule has 0 aliphatic carbocycles. The van der Waals surface area contributed by atoms with Crippen molar-refractivity contribution in [2.24, 2.45) is 10.2 Å². The molecule has 0 aliphatic rings. The number of hydrazone groups is 2. The molecular weight excluding hydrogens is 412 g/mol. The Hall–Kier alpha value is -4.53. The zero-order chi connectivity index (χ0) is 23.3. The molecule has 0 saturated carbocycles. The number of nitrogens with zero attached hydrogens (tertiary/aromatic N) is 2. The Morgan fingerprint density at radius 1 is 0.750 bits per heavy atom.